The molecule has 1 rings (SSSR count). The SMILES string of the molecule is CCCCCCCCCCCCc1ccc(C(N)=O)c(CCCCCCCCCCCC)c1C(N)=O. The molecule has 4 heteroatoms. The number of hydrogen-bond donors (Lipinski definition) is 2. The monoisotopic (exact) mass is 500 g/mol. The summed E-state index contributed by atoms with van der Waals surface area (Å²) in [6.45, 7) is 4.51. The summed E-state index contributed by atoms with van der Waals surface area (Å²) in [5.41, 5.74) is 14.3. The minimum Gasteiger partial charge on any atom is -0.366 e. The summed E-state index contributed by atoms with van der Waals surface area (Å²) in [5, 5.41) is 0. The van der Waals surface area contributed by atoms with Gasteiger partial charge in [0.05, 0.1) is 0 Å². The molecule has 0 radical (unpaired) electrons. The van der Waals surface area contributed by atoms with Crippen LogP contribution in [-0.2, 0) is 12.8 Å². The molecule has 0 aliphatic heterocycles. The molecule has 2 amide bonds. The van der Waals surface area contributed by atoms with Crippen molar-refractivity contribution in [2.24, 2.45) is 11.5 Å². The maximum Gasteiger partial charge on any atom is 0.249 e. The first-order valence-electron chi connectivity index (χ1n) is 15.3. The molecule has 1 aromatic carbocycles. The summed E-state index contributed by atoms with van der Waals surface area (Å²) in [4.78, 5) is 24.6. The number of amides is 2. The molecule has 0 unspecified atom stereocenters. The van der Waals surface area contributed by atoms with Gasteiger partial charge in [0.2, 0.25) is 11.8 Å². The number of hydrogen-bond acceptors (Lipinski definition) is 2. The number of rotatable bonds is 24. The third kappa shape index (κ3) is 14.0. The van der Waals surface area contributed by atoms with Gasteiger partial charge in [0.15, 0.2) is 0 Å². The van der Waals surface area contributed by atoms with Gasteiger partial charge < -0.3 is 11.5 Å². The highest BCUT2D eigenvalue weighted by Gasteiger charge is 2.19. The summed E-state index contributed by atoms with van der Waals surface area (Å²) in [5.74, 6) is -0.896. The van der Waals surface area contributed by atoms with Crippen LogP contribution in [0, 0.1) is 0 Å². The molecule has 0 atom stereocenters. The first kappa shape index (κ1) is 32.2. The van der Waals surface area contributed by atoms with Crippen LogP contribution in [-0.4, -0.2) is 11.8 Å². The Bertz CT molecular complexity index is 729. The maximum absolute atomic E-state index is 12.5. The van der Waals surface area contributed by atoms with Gasteiger partial charge in [-0.2, -0.15) is 0 Å². The second kappa shape index (κ2) is 21.3. The number of carbonyl (C=O) groups excluding carboxylic acids is 2. The van der Waals surface area contributed by atoms with E-state index >= 15 is 0 Å². The lowest BCUT2D eigenvalue weighted by Gasteiger charge is -2.16. The molecular weight excluding hydrogens is 444 g/mol. The average molecular weight is 501 g/mol. The normalized spacial score (nSPS) is 11.2. The van der Waals surface area contributed by atoms with Crippen molar-refractivity contribution in [3.8, 4) is 0 Å². The van der Waals surface area contributed by atoms with Crippen LogP contribution in [0.4, 0.5) is 0 Å². The van der Waals surface area contributed by atoms with E-state index in [0.29, 0.717) is 17.5 Å². The maximum atomic E-state index is 12.5. The van der Waals surface area contributed by atoms with Crippen LogP contribution in [0.1, 0.15) is 174 Å². The Morgan fingerprint density at radius 2 is 0.917 bits per heavy atom. The number of unbranched alkanes of at least 4 members (excludes halogenated alkanes) is 18. The number of carbonyl (C=O) groups is 2. The molecule has 0 saturated carbocycles. The molecule has 0 heterocycles. The molecule has 0 spiro atoms. The van der Waals surface area contributed by atoms with Crippen LogP contribution in [0.5, 0.6) is 0 Å². The number of aryl methyl sites for hydroxylation is 1. The Labute approximate surface area is 222 Å². The molecular formula is C32H56N2O2. The predicted octanol–water partition coefficient (Wildman–Crippen LogP) is 8.81. The number of nitrogens with two attached hydrogens (primary N) is 2. The minimum absolute atomic E-state index is 0.428. The van der Waals surface area contributed by atoms with Gasteiger partial charge in [0, 0.05) is 11.1 Å². The molecule has 0 fully saturated rings. The Hall–Kier alpha value is -1.84. The molecule has 0 aliphatic rings. The number of benzene rings is 1. The zero-order valence-electron chi connectivity index (χ0n) is 23.7. The van der Waals surface area contributed by atoms with Gasteiger partial charge in [0.25, 0.3) is 0 Å². The molecule has 1 aromatic rings. The van der Waals surface area contributed by atoms with Gasteiger partial charge >= 0.3 is 0 Å². The molecule has 0 saturated heterocycles. The smallest absolute Gasteiger partial charge is 0.249 e. The van der Waals surface area contributed by atoms with Crippen molar-refractivity contribution in [3.63, 3.8) is 0 Å². The van der Waals surface area contributed by atoms with Crippen molar-refractivity contribution in [3.05, 3.63) is 34.4 Å². The lowest BCUT2D eigenvalue weighted by Crippen LogP contribution is -2.22. The van der Waals surface area contributed by atoms with Crippen molar-refractivity contribution < 1.29 is 9.59 Å². The van der Waals surface area contributed by atoms with Crippen molar-refractivity contribution in [1.29, 1.82) is 0 Å². The van der Waals surface area contributed by atoms with E-state index in [1.807, 2.05) is 12.1 Å². The Morgan fingerprint density at radius 1 is 0.528 bits per heavy atom. The summed E-state index contributed by atoms with van der Waals surface area (Å²) < 4.78 is 0. The fourth-order valence-corrected chi connectivity index (χ4v) is 5.29. The highest BCUT2D eigenvalue weighted by Crippen LogP contribution is 2.24. The Morgan fingerprint density at radius 3 is 1.31 bits per heavy atom. The van der Waals surface area contributed by atoms with Gasteiger partial charge in [-0.25, -0.2) is 0 Å². The van der Waals surface area contributed by atoms with Gasteiger partial charge in [-0.15, -0.1) is 0 Å². The van der Waals surface area contributed by atoms with Gasteiger partial charge in [-0.1, -0.05) is 135 Å². The summed E-state index contributed by atoms with van der Waals surface area (Å²) in [6.07, 6.45) is 26.8. The Kier molecular flexibility index (Phi) is 19.0. The van der Waals surface area contributed by atoms with Gasteiger partial charge in [-0.3, -0.25) is 9.59 Å². The molecule has 0 aromatic heterocycles. The number of primary amides is 2. The van der Waals surface area contributed by atoms with E-state index in [9.17, 15) is 9.59 Å². The van der Waals surface area contributed by atoms with Gasteiger partial charge in [-0.05, 0) is 42.9 Å². The molecule has 4 N–H and O–H groups in total. The topological polar surface area (TPSA) is 86.2 Å². The van der Waals surface area contributed by atoms with Crippen LogP contribution in [0.25, 0.3) is 0 Å². The second-order valence-corrected chi connectivity index (χ2v) is 10.7. The van der Waals surface area contributed by atoms with E-state index in [0.717, 1.165) is 36.8 Å². The van der Waals surface area contributed by atoms with Crippen molar-refractivity contribution in [2.75, 3.05) is 0 Å². The third-order valence-corrected chi connectivity index (χ3v) is 7.49. The summed E-state index contributed by atoms with van der Waals surface area (Å²) in [6, 6.07) is 3.71. The zero-order valence-corrected chi connectivity index (χ0v) is 23.7. The van der Waals surface area contributed by atoms with E-state index in [-0.39, 0.29) is 0 Å². The molecule has 4 nitrogen and oxygen atoms in total. The van der Waals surface area contributed by atoms with E-state index < -0.39 is 11.8 Å². The first-order chi connectivity index (χ1) is 17.5. The van der Waals surface area contributed by atoms with E-state index in [1.54, 1.807) is 0 Å². The molecule has 36 heavy (non-hydrogen) atoms. The van der Waals surface area contributed by atoms with Crippen molar-refractivity contribution in [1.82, 2.24) is 0 Å². The van der Waals surface area contributed by atoms with Gasteiger partial charge in [0.1, 0.15) is 0 Å². The third-order valence-electron chi connectivity index (χ3n) is 7.49. The Balaban J connectivity index is 2.51. The molecule has 0 bridgehead atoms. The minimum atomic E-state index is -0.468. The summed E-state index contributed by atoms with van der Waals surface area (Å²) >= 11 is 0. The van der Waals surface area contributed by atoms with Crippen LogP contribution >= 0.6 is 0 Å². The highest BCUT2D eigenvalue weighted by molar-refractivity contribution is 6.02. The van der Waals surface area contributed by atoms with Crippen LogP contribution in [0.3, 0.4) is 0 Å². The van der Waals surface area contributed by atoms with E-state index in [1.165, 1.54) is 109 Å². The van der Waals surface area contributed by atoms with Crippen LogP contribution < -0.4 is 11.5 Å². The fourth-order valence-electron chi connectivity index (χ4n) is 5.29. The van der Waals surface area contributed by atoms with Crippen LogP contribution in [0.15, 0.2) is 12.1 Å². The van der Waals surface area contributed by atoms with Crippen LogP contribution in [0.2, 0.25) is 0 Å². The second-order valence-electron chi connectivity index (χ2n) is 10.7. The predicted molar refractivity (Wildman–Crippen MR) is 155 cm³/mol. The summed E-state index contributed by atoms with van der Waals surface area (Å²) in [7, 11) is 0. The highest BCUT2D eigenvalue weighted by atomic mass is 16.1. The molecule has 206 valence electrons. The lowest BCUT2D eigenvalue weighted by molar-refractivity contribution is 0.0998. The average Bonchev–Trinajstić information content (AvgIpc) is 2.85. The zero-order chi connectivity index (χ0) is 26.4. The first-order valence-corrected chi connectivity index (χ1v) is 15.3. The standard InChI is InChI=1S/C32H56N2O2/c1-3-5-7-9-11-13-15-17-19-21-23-27-25-26-29(31(33)35)28(30(27)32(34)36)24-22-20-18-16-14-12-10-8-6-4-2/h25-26H,3-24H2,1-2H3,(H2,33,35)(H2,34,36). The van der Waals surface area contributed by atoms with E-state index in [2.05, 4.69) is 13.8 Å². The fraction of sp³-hybridized carbons (Fsp3) is 0.750. The van der Waals surface area contributed by atoms with E-state index in [4.69, 9.17) is 11.5 Å². The quantitative estimate of drug-likeness (QED) is 0.139. The largest absolute Gasteiger partial charge is 0.366 e. The van der Waals surface area contributed by atoms with Crippen molar-refractivity contribution in [2.45, 2.75) is 155 Å². The van der Waals surface area contributed by atoms with Crippen molar-refractivity contribution >= 4 is 11.8 Å². The lowest BCUT2D eigenvalue weighted by atomic mass is 9.89. The molecule has 0 aliphatic carbocycles.